The monoisotopic (exact) mass is 519 g/mol. The Morgan fingerprint density at radius 2 is 1.82 bits per heavy atom. The van der Waals surface area contributed by atoms with Crippen LogP contribution in [0.25, 0.3) is 0 Å². The molecule has 6 rings (SSSR count). The van der Waals surface area contributed by atoms with Gasteiger partial charge in [0.1, 0.15) is 5.82 Å². The first kappa shape index (κ1) is 24.9. The highest BCUT2D eigenvalue weighted by Gasteiger charge is 2.35. The lowest BCUT2D eigenvalue weighted by molar-refractivity contribution is 0.253. The molecule has 39 heavy (non-hydrogen) atoms. The van der Waals surface area contributed by atoms with E-state index in [4.69, 9.17) is 5.10 Å². The molecule has 0 bridgehead atoms. The van der Waals surface area contributed by atoms with Crippen LogP contribution in [0.4, 0.5) is 27.7 Å². The van der Waals surface area contributed by atoms with Crippen molar-refractivity contribution in [3.05, 3.63) is 96.2 Å². The van der Waals surface area contributed by atoms with Crippen LogP contribution >= 0.6 is 0 Å². The fraction of sp³-hybridized carbons (Fsp3) is 0.290. The molecule has 2 aromatic carbocycles. The zero-order valence-electron chi connectivity index (χ0n) is 22.2. The second kappa shape index (κ2) is 11.1. The average molecular weight is 520 g/mol. The van der Waals surface area contributed by atoms with Gasteiger partial charge in [0.05, 0.1) is 17.1 Å². The Hall–Kier alpha value is -4.46. The van der Waals surface area contributed by atoms with E-state index in [9.17, 15) is 4.79 Å². The van der Waals surface area contributed by atoms with Gasteiger partial charge >= 0.3 is 6.03 Å². The third-order valence-corrected chi connectivity index (χ3v) is 7.48. The van der Waals surface area contributed by atoms with Gasteiger partial charge in [-0.05, 0) is 67.8 Å². The van der Waals surface area contributed by atoms with E-state index >= 15 is 0 Å². The minimum atomic E-state index is -0.245. The normalized spacial score (nSPS) is 16.0. The van der Waals surface area contributed by atoms with Crippen molar-refractivity contribution in [2.75, 3.05) is 21.8 Å². The highest BCUT2D eigenvalue weighted by molar-refractivity contribution is 6.18. The fourth-order valence-corrected chi connectivity index (χ4v) is 5.49. The number of aromatic nitrogens is 3. The van der Waals surface area contributed by atoms with Crippen molar-refractivity contribution in [1.29, 1.82) is 0 Å². The highest BCUT2D eigenvalue weighted by Crippen LogP contribution is 2.39. The number of nitrogens with zero attached hydrogens (tertiary/aromatic N) is 5. The zero-order chi connectivity index (χ0) is 26.6. The van der Waals surface area contributed by atoms with Gasteiger partial charge in [0.25, 0.3) is 0 Å². The molecule has 0 radical (unpaired) electrons. The molecule has 3 heterocycles. The Kier molecular flexibility index (Phi) is 7.08. The first-order valence-electron chi connectivity index (χ1n) is 13.7. The standard InChI is InChI=1S/C31H33N7O/c1-22-10-15-26-27(21-22)37(25-13-11-24(12-14-25)32-18-16-28-33-19-20-34-28)31(39)38(29-9-5-6-17-35-29)36-30(26)23-7-3-2-4-8-23/h5-6,9-15,17,19-21,23,32H,2-4,7-8,16,18H2,1H3,(H,33,34). The zero-order valence-corrected chi connectivity index (χ0v) is 22.2. The third-order valence-electron chi connectivity index (χ3n) is 7.48. The number of anilines is 4. The molecule has 8 nitrogen and oxygen atoms in total. The molecule has 2 amide bonds. The average Bonchev–Trinajstić information content (AvgIpc) is 3.46. The molecule has 0 saturated heterocycles. The van der Waals surface area contributed by atoms with Crippen molar-refractivity contribution in [3.8, 4) is 0 Å². The summed E-state index contributed by atoms with van der Waals surface area (Å²) in [7, 11) is 0. The predicted molar refractivity (Wildman–Crippen MR) is 156 cm³/mol. The summed E-state index contributed by atoms with van der Waals surface area (Å²) < 4.78 is 0. The smallest absolute Gasteiger partial charge is 0.355 e. The molecule has 1 aliphatic heterocycles. The number of hydrogen-bond acceptors (Lipinski definition) is 5. The number of rotatable bonds is 7. The van der Waals surface area contributed by atoms with E-state index in [0.29, 0.717) is 11.7 Å². The van der Waals surface area contributed by atoms with Gasteiger partial charge in [-0.25, -0.2) is 14.8 Å². The summed E-state index contributed by atoms with van der Waals surface area (Å²) in [5.41, 5.74) is 5.71. The van der Waals surface area contributed by atoms with Gasteiger partial charge in [0, 0.05) is 48.7 Å². The molecule has 4 aromatic rings. The summed E-state index contributed by atoms with van der Waals surface area (Å²) in [6.45, 7) is 2.82. The fourth-order valence-electron chi connectivity index (χ4n) is 5.49. The molecule has 198 valence electrons. The number of nitrogens with one attached hydrogen (secondary N) is 2. The molecular formula is C31H33N7O. The number of hydrogen-bond donors (Lipinski definition) is 2. The molecule has 2 N–H and O–H groups in total. The topological polar surface area (TPSA) is 89.5 Å². The number of amides is 2. The lowest BCUT2D eigenvalue weighted by Crippen LogP contribution is -2.37. The van der Waals surface area contributed by atoms with Crippen LogP contribution in [-0.2, 0) is 6.42 Å². The minimum absolute atomic E-state index is 0.245. The molecule has 2 aromatic heterocycles. The van der Waals surface area contributed by atoms with Crippen LogP contribution < -0.4 is 15.2 Å². The number of urea groups is 1. The molecule has 1 saturated carbocycles. The van der Waals surface area contributed by atoms with Crippen molar-refractivity contribution in [2.45, 2.75) is 45.4 Å². The highest BCUT2D eigenvalue weighted by atomic mass is 16.2. The second-order valence-corrected chi connectivity index (χ2v) is 10.2. The number of aromatic amines is 1. The van der Waals surface area contributed by atoms with E-state index < -0.39 is 0 Å². The molecule has 1 aliphatic carbocycles. The predicted octanol–water partition coefficient (Wildman–Crippen LogP) is 6.83. The molecule has 0 atom stereocenters. The van der Waals surface area contributed by atoms with Crippen LogP contribution in [0.5, 0.6) is 0 Å². The minimum Gasteiger partial charge on any atom is -0.385 e. The SMILES string of the molecule is Cc1ccc2c(c1)N(c1ccc(NCCc3ncc[nH]3)cc1)C(=O)N(c1ccccn1)N=C2C1CCCCC1. The summed E-state index contributed by atoms with van der Waals surface area (Å²) >= 11 is 0. The Balaban J connectivity index is 1.38. The molecule has 2 aliphatic rings. The first-order chi connectivity index (χ1) is 19.2. The summed E-state index contributed by atoms with van der Waals surface area (Å²) in [5.74, 6) is 1.77. The number of pyridine rings is 1. The largest absolute Gasteiger partial charge is 0.385 e. The van der Waals surface area contributed by atoms with Gasteiger partial charge in [0.2, 0.25) is 0 Å². The van der Waals surface area contributed by atoms with Gasteiger partial charge in [-0.2, -0.15) is 10.1 Å². The Morgan fingerprint density at radius 3 is 2.56 bits per heavy atom. The first-order valence-corrected chi connectivity index (χ1v) is 13.7. The Morgan fingerprint density at radius 1 is 0.974 bits per heavy atom. The van der Waals surface area contributed by atoms with Crippen molar-refractivity contribution in [3.63, 3.8) is 0 Å². The second-order valence-electron chi connectivity index (χ2n) is 10.2. The maximum atomic E-state index is 14.3. The van der Waals surface area contributed by atoms with Crippen molar-refractivity contribution in [1.82, 2.24) is 15.0 Å². The van der Waals surface area contributed by atoms with Crippen molar-refractivity contribution < 1.29 is 4.79 Å². The maximum Gasteiger partial charge on any atom is 0.355 e. The lowest BCUT2D eigenvalue weighted by Gasteiger charge is -2.27. The molecular weight excluding hydrogens is 486 g/mol. The maximum absolute atomic E-state index is 14.3. The van der Waals surface area contributed by atoms with E-state index in [1.165, 1.54) is 24.3 Å². The number of carbonyl (C=O) groups is 1. The van der Waals surface area contributed by atoms with Crippen molar-refractivity contribution in [2.24, 2.45) is 11.0 Å². The van der Waals surface area contributed by atoms with Gasteiger partial charge in [-0.15, -0.1) is 0 Å². The van der Waals surface area contributed by atoms with E-state index in [1.54, 1.807) is 17.3 Å². The van der Waals surface area contributed by atoms with Crippen LogP contribution in [0.2, 0.25) is 0 Å². The van der Waals surface area contributed by atoms with E-state index in [2.05, 4.69) is 45.4 Å². The van der Waals surface area contributed by atoms with Crippen molar-refractivity contribution >= 4 is 34.6 Å². The molecule has 0 spiro atoms. The molecule has 0 unspecified atom stereocenters. The number of imidazole rings is 1. The van der Waals surface area contributed by atoms with Gasteiger partial charge in [0.15, 0.2) is 5.82 Å². The van der Waals surface area contributed by atoms with E-state index in [1.807, 2.05) is 48.7 Å². The van der Waals surface area contributed by atoms with Gasteiger partial charge in [-0.3, -0.25) is 4.90 Å². The van der Waals surface area contributed by atoms with Crippen LogP contribution in [0.1, 0.15) is 49.1 Å². The number of H-pyrrole nitrogens is 1. The molecule has 1 fully saturated rings. The van der Waals surface area contributed by atoms with Gasteiger partial charge in [-0.1, -0.05) is 37.5 Å². The van der Waals surface area contributed by atoms with Crippen LogP contribution in [-0.4, -0.2) is 33.2 Å². The van der Waals surface area contributed by atoms with E-state index in [-0.39, 0.29) is 6.03 Å². The molecule has 8 heteroatoms. The summed E-state index contributed by atoms with van der Waals surface area (Å²) in [5, 5.41) is 9.98. The number of benzene rings is 2. The van der Waals surface area contributed by atoms with Crippen LogP contribution in [0.3, 0.4) is 0 Å². The number of hydrazone groups is 1. The van der Waals surface area contributed by atoms with Crippen LogP contribution in [0.15, 0.2) is 84.4 Å². The Bertz CT molecular complexity index is 1440. The van der Waals surface area contributed by atoms with Gasteiger partial charge < -0.3 is 10.3 Å². The number of carbonyl (C=O) groups excluding carboxylic acids is 1. The summed E-state index contributed by atoms with van der Waals surface area (Å²) in [6.07, 6.45) is 11.9. The third kappa shape index (κ3) is 5.27. The summed E-state index contributed by atoms with van der Waals surface area (Å²) in [4.78, 5) is 28.0. The lowest BCUT2D eigenvalue weighted by atomic mass is 9.82. The Labute approximate surface area is 228 Å². The van der Waals surface area contributed by atoms with E-state index in [0.717, 1.165) is 65.5 Å². The number of fused-ring (bicyclic) bond motifs is 1. The quantitative estimate of drug-likeness (QED) is 0.280. The van der Waals surface area contributed by atoms with Crippen LogP contribution in [0, 0.1) is 12.8 Å². The summed E-state index contributed by atoms with van der Waals surface area (Å²) in [6, 6.07) is 19.7. The number of aryl methyl sites for hydroxylation is 1.